The molecule has 0 unspecified atom stereocenters. The molecule has 0 aromatic carbocycles. The molecule has 1 amide bonds. The zero-order chi connectivity index (χ0) is 13.1. The molecule has 0 bridgehead atoms. The summed E-state index contributed by atoms with van der Waals surface area (Å²) in [6, 6.07) is 3.18. The van der Waals surface area contributed by atoms with Crippen LogP contribution in [-0.2, 0) is 21.2 Å². The van der Waals surface area contributed by atoms with Crippen LogP contribution in [-0.4, -0.2) is 24.6 Å². The molecule has 0 radical (unpaired) electrons. The van der Waals surface area contributed by atoms with Crippen LogP contribution in [0.1, 0.15) is 19.5 Å². The van der Waals surface area contributed by atoms with Gasteiger partial charge in [0, 0.05) is 5.69 Å². The van der Waals surface area contributed by atoms with E-state index in [0.29, 0.717) is 11.4 Å². The van der Waals surface area contributed by atoms with Crippen molar-refractivity contribution in [3.8, 4) is 0 Å². The highest BCUT2D eigenvalue weighted by Crippen LogP contribution is 2.03. The van der Waals surface area contributed by atoms with E-state index in [1.165, 1.54) is 20.0 Å². The number of sulfonamides is 1. The zero-order valence-electron chi connectivity index (χ0n) is 9.67. The molecule has 0 saturated carbocycles. The summed E-state index contributed by atoms with van der Waals surface area (Å²) in [6.07, 6.45) is 1.33. The maximum Gasteiger partial charge on any atom is 0.239 e. The molecule has 1 aromatic rings. The van der Waals surface area contributed by atoms with Crippen molar-refractivity contribution in [1.82, 2.24) is 9.71 Å². The summed E-state index contributed by atoms with van der Waals surface area (Å²) >= 11 is 0. The first-order valence-corrected chi connectivity index (χ1v) is 6.61. The van der Waals surface area contributed by atoms with E-state index in [1.807, 2.05) is 4.72 Å². The molecule has 0 spiro atoms. The van der Waals surface area contributed by atoms with Crippen molar-refractivity contribution in [2.24, 2.45) is 0 Å². The highest BCUT2D eigenvalue weighted by molar-refractivity contribution is 7.90. The number of pyridine rings is 1. The average Bonchev–Trinajstić information content (AvgIpc) is 2.20. The number of hydrogen-bond donors (Lipinski definition) is 2. The van der Waals surface area contributed by atoms with E-state index in [-0.39, 0.29) is 6.42 Å². The Balaban J connectivity index is 2.65. The van der Waals surface area contributed by atoms with Crippen LogP contribution in [0, 0.1) is 0 Å². The summed E-state index contributed by atoms with van der Waals surface area (Å²) in [5.41, 5.74) is 6.40. The predicted molar refractivity (Wildman–Crippen MR) is 64.6 cm³/mol. The molecular formula is C10H15N3O3S. The minimum Gasteiger partial charge on any atom is -0.397 e. The number of nitrogens with one attached hydrogen (secondary N) is 1. The molecule has 6 nitrogen and oxygen atoms in total. The highest BCUT2D eigenvalue weighted by Gasteiger charge is 2.19. The quantitative estimate of drug-likeness (QED) is 0.794. The van der Waals surface area contributed by atoms with Crippen molar-refractivity contribution >= 4 is 21.6 Å². The van der Waals surface area contributed by atoms with Crippen molar-refractivity contribution in [3.63, 3.8) is 0 Å². The van der Waals surface area contributed by atoms with Crippen molar-refractivity contribution < 1.29 is 13.2 Å². The van der Waals surface area contributed by atoms with Crippen LogP contribution in [0.5, 0.6) is 0 Å². The Bertz CT molecular complexity index is 494. The fourth-order valence-electron chi connectivity index (χ4n) is 1.02. The molecule has 1 rings (SSSR count). The van der Waals surface area contributed by atoms with Crippen LogP contribution in [0.25, 0.3) is 0 Å². The van der Waals surface area contributed by atoms with Crippen molar-refractivity contribution in [3.05, 3.63) is 24.0 Å². The van der Waals surface area contributed by atoms with Gasteiger partial charge in [-0.1, -0.05) is 0 Å². The lowest BCUT2D eigenvalue weighted by atomic mass is 10.2. The third kappa shape index (κ3) is 4.03. The monoisotopic (exact) mass is 257 g/mol. The second-order valence-corrected chi connectivity index (χ2v) is 6.12. The summed E-state index contributed by atoms with van der Waals surface area (Å²) in [5, 5.41) is -0.647. The fourth-order valence-corrected chi connectivity index (χ4v) is 1.64. The predicted octanol–water partition coefficient (Wildman–Crippen LogP) is 0.0607. The van der Waals surface area contributed by atoms with Gasteiger partial charge in [0.25, 0.3) is 0 Å². The van der Waals surface area contributed by atoms with Crippen LogP contribution in [0.15, 0.2) is 18.3 Å². The number of nitrogens with two attached hydrogens (primary N) is 1. The van der Waals surface area contributed by atoms with Crippen molar-refractivity contribution in [2.75, 3.05) is 5.73 Å². The van der Waals surface area contributed by atoms with Gasteiger partial charge < -0.3 is 5.73 Å². The van der Waals surface area contributed by atoms with Crippen LogP contribution in [0.3, 0.4) is 0 Å². The number of aromatic nitrogens is 1. The molecular weight excluding hydrogens is 242 g/mol. The normalized spacial score (nSPS) is 11.5. The topological polar surface area (TPSA) is 102 Å². The Morgan fingerprint density at radius 2 is 2.12 bits per heavy atom. The molecule has 0 aliphatic rings. The third-order valence-electron chi connectivity index (χ3n) is 2.07. The molecule has 0 saturated heterocycles. The molecule has 0 atom stereocenters. The minimum atomic E-state index is -3.58. The Kier molecular flexibility index (Phi) is 4.06. The first-order chi connectivity index (χ1) is 7.81. The SMILES string of the molecule is CC(C)S(=O)(=O)NC(=O)Cc1ccc(N)cn1. The van der Waals surface area contributed by atoms with E-state index in [1.54, 1.807) is 12.1 Å². The van der Waals surface area contributed by atoms with Gasteiger partial charge in [0.05, 0.1) is 23.6 Å². The lowest BCUT2D eigenvalue weighted by Gasteiger charge is -2.09. The molecule has 0 aliphatic carbocycles. The Morgan fingerprint density at radius 1 is 1.47 bits per heavy atom. The molecule has 3 N–H and O–H groups in total. The first-order valence-electron chi connectivity index (χ1n) is 5.06. The Morgan fingerprint density at radius 3 is 2.59 bits per heavy atom. The summed E-state index contributed by atoms with van der Waals surface area (Å²) in [4.78, 5) is 15.4. The maximum absolute atomic E-state index is 11.5. The fraction of sp³-hybridized carbons (Fsp3) is 0.400. The van der Waals surface area contributed by atoms with Crippen LogP contribution in [0.4, 0.5) is 5.69 Å². The van der Waals surface area contributed by atoms with Gasteiger partial charge in [-0.2, -0.15) is 0 Å². The van der Waals surface area contributed by atoms with Gasteiger partial charge in [0.2, 0.25) is 15.9 Å². The summed E-state index contributed by atoms with van der Waals surface area (Å²) in [7, 11) is -3.58. The second-order valence-electron chi connectivity index (χ2n) is 3.88. The number of nitrogens with zero attached hydrogens (tertiary/aromatic N) is 1. The van der Waals surface area contributed by atoms with E-state index < -0.39 is 21.2 Å². The standard InChI is InChI=1S/C10H15N3O3S/c1-7(2)17(15,16)13-10(14)5-9-4-3-8(11)6-12-9/h3-4,6-7H,5,11H2,1-2H3,(H,13,14). The molecule has 0 fully saturated rings. The second kappa shape index (κ2) is 5.13. The van der Waals surface area contributed by atoms with Gasteiger partial charge in [-0.25, -0.2) is 8.42 Å². The highest BCUT2D eigenvalue weighted by atomic mass is 32.2. The summed E-state index contributed by atoms with van der Waals surface area (Å²) in [5.74, 6) is -0.601. The molecule has 1 aromatic heterocycles. The number of amides is 1. The van der Waals surface area contributed by atoms with E-state index >= 15 is 0 Å². The van der Waals surface area contributed by atoms with Crippen molar-refractivity contribution in [1.29, 1.82) is 0 Å². The molecule has 0 aliphatic heterocycles. The maximum atomic E-state index is 11.5. The van der Waals surface area contributed by atoms with Crippen LogP contribution in [0.2, 0.25) is 0 Å². The summed E-state index contributed by atoms with van der Waals surface area (Å²) in [6.45, 7) is 2.99. The largest absolute Gasteiger partial charge is 0.397 e. The van der Waals surface area contributed by atoms with E-state index in [9.17, 15) is 13.2 Å². The molecule has 94 valence electrons. The van der Waals surface area contributed by atoms with Gasteiger partial charge in [0.15, 0.2) is 0 Å². The summed E-state index contributed by atoms with van der Waals surface area (Å²) < 4.78 is 24.8. The number of hydrogen-bond acceptors (Lipinski definition) is 5. The lowest BCUT2D eigenvalue weighted by Crippen LogP contribution is -2.36. The zero-order valence-corrected chi connectivity index (χ0v) is 10.5. The smallest absolute Gasteiger partial charge is 0.239 e. The van der Waals surface area contributed by atoms with E-state index in [2.05, 4.69) is 4.98 Å². The average molecular weight is 257 g/mol. The van der Waals surface area contributed by atoms with Gasteiger partial charge in [-0.15, -0.1) is 0 Å². The van der Waals surface area contributed by atoms with E-state index in [4.69, 9.17) is 5.73 Å². The number of anilines is 1. The van der Waals surface area contributed by atoms with Gasteiger partial charge >= 0.3 is 0 Å². The van der Waals surface area contributed by atoms with Crippen LogP contribution >= 0.6 is 0 Å². The number of carbonyl (C=O) groups is 1. The lowest BCUT2D eigenvalue weighted by molar-refractivity contribution is -0.118. The molecule has 17 heavy (non-hydrogen) atoms. The number of rotatable bonds is 4. The van der Waals surface area contributed by atoms with Crippen LogP contribution < -0.4 is 10.5 Å². The van der Waals surface area contributed by atoms with Gasteiger partial charge in [-0.05, 0) is 26.0 Å². The Labute approximate surface area is 100 Å². The molecule has 1 heterocycles. The molecule has 7 heteroatoms. The Hall–Kier alpha value is -1.63. The third-order valence-corrected chi connectivity index (χ3v) is 3.82. The number of nitrogen functional groups attached to an aromatic ring is 1. The van der Waals surface area contributed by atoms with Crippen molar-refractivity contribution in [2.45, 2.75) is 25.5 Å². The number of carbonyl (C=O) groups excluding carboxylic acids is 1. The van der Waals surface area contributed by atoms with E-state index in [0.717, 1.165) is 0 Å². The van der Waals surface area contributed by atoms with Gasteiger partial charge in [0.1, 0.15) is 0 Å². The minimum absolute atomic E-state index is 0.0910. The van der Waals surface area contributed by atoms with Gasteiger partial charge in [-0.3, -0.25) is 14.5 Å². The first kappa shape index (κ1) is 13.4.